The Hall–Kier alpha value is -3.21. The largest absolute Gasteiger partial charge is 0.493 e. The highest BCUT2D eigenvalue weighted by molar-refractivity contribution is 5.87. The fourth-order valence-corrected chi connectivity index (χ4v) is 4.33. The molecular formula is C26H40N6O5. The lowest BCUT2D eigenvalue weighted by molar-refractivity contribution is -0.143. The van der Waals surface area contributed by atoms with Crippen molar-refractivity contribution in [1.82, 2.24) is 30.4 Å². The zero-order valence-corrected chi connectivity index (χ0v) is 22.6. The highest BCUT2D eigenvalue weighted by atomic mass is 16.5. The Labute approximate surface area is 218 Å². The number of hydrogen-bond donors (Lipinski definition) is 1. The Balaban J connectivity index is 1.77. The number of ether oxygens (including phenoxy) is 3. The molecule has 1 aliphatic rings. The fraction of sp³-hybridized carbons (Fsp3) is 0.654. The van der Waals surface area contributed by atoms with Gasteiger partial charge in [-0.3, -0.25) is 9.59 Å². The molecule has 0 saturated carbocycles. The molecule has 0 radical (unpaired) electrons. The van der Waals surface area contributed by atoms with Gasteiger partial charge in [0.1, 0.15) is 12.6 Å². The molecule has 2 aromatic rings. The summed E-state index contributed by atoms with van der Waals surface area (Å²) in [6, 6.07) is 4.73. The first-order chi connectivity index (χ1) is 17.9. The van der Waals surface area contributed by atoms with Crippen LogP contribution >= 0.6 is 0 Å². The molecule has 1 aliphatic heterocycles. The molecule has 0 unspecified atom stereocenters. The Kier molecular flexibility index (Phi) is 10.7. The zero-order valence-electron chi connectivity index (χ0n) is 22.6. The van der Waals surface area contributed by atoms with Crippen LogP contribution in [-0.4, -0.2) is 83.0 Å². The van der Waals surface area contributed by atoms with Crippen LogP contribution in [0.4, 0.5) is 0 Å². The average Bonchev–Trinajstić information content (AvgIpc) is 3.57. The minimum Gasteiger partial charge on any atom is -0.493 e. The maximum atomic E-state index is 13.6. The minimum atomic E-state index is -0.581. The number of methoxy groups -OCH3 is 2. The van der Waals surface area contributed by atoms with Gasteiger partial charge < -0.3 is 24.4 Å². The van der Waals surface area contributed by atoms with E-state index >= 15 is 0 Å². The van der Waals surface area contributed by atoms with Gasteiger partial charge in [0.25, 0.3) is 0 Å². The summed E-state index contributed by atoms with van der Waals surface area (Å²) in [6.45, 7) is 7.72. The van der Waals surface area contributed by atoms with Crippen molar-refractivity contribution in [2.45, 2.75) is 71.6 Å². The number of hydrogen-bond acceptors (Lipinski definition) is 8. The molecule has 1 saturated heterocycles. The van der Waals surface area contributed by atoms with Gasteiger partial charge in [0.15, 0.2) is 11.5 Å². The second-order valence-electron chi connectivity index (χ2n) is 9.67. The van der Waals surface area contributed by atoms with E-state index in [1.807, 2.05) is 6.92 Å². The van der Waals surface area contributed by atoms with Crippen molar-refractivity contribution in [2.75, 3.05) is 33.9 Å². The molecule has 2 atom stereocenters. The summed E-state index contributed by atoms with van der Waals surface area (Å²) in [5.74, 6) is 1.59. The molecule has 0 aliphatic carbocycles. The van der Waals surface area contributed by atoms with Crippen molar-refractivity contribution in [3.63, 3.8) is 0 Å². The van der Waals surface area contributed by atoms with E-state index < -0.39 is 6.04 Å². The van der Waals surface area contributed by atoms with Gasteiger partial charge in [0, 0.05) is 25.3 Å². The second kappa shape index (κ2) is 13.9. The number of nitrogens with zero attached hydrogens (tertiary/aromatic N) is 5. The van der Waals surface area contributed by atoms with Gasteiger partial charge in [0.2, 0.25) is 17.6 Å². The smallest absolute Gasteiger partial charge is 0.247 e. The number of carbonyl (C=O) groups is 2. The first kappa shape index (κ1) is 28.4. The molecule has 11 nitrogen and oxygen atoms in total. The summed E-state index contributed by atoms with van der Waals surface area (Å²) in [6.07, 6.45) is 3.94. The summed E-state index contributed by atoms with van der Waals surface area (Å²) in [5, 5.41) is 15.6. The van der Waals surface area contributed by atoms with Crippen LogP contribution in [-0.2, 0) is 20.9 Å². The van der Waals surface area contributed by atoms with Crippen LogP contribution in [0.2, 0.25) is 0 Å². The molecule has 11 heteroatoms. The monoisotopic (exact) mass is 516 g/mol. The number of benzene rings is 1. The SMILES string of the molecule is CCC[C@H](C(=O)NCCC(C)C)N(C[C@@H]1CCCO1)C(=O)Cn1nnc(-c2ccc(OC)c(OC)c2)n1. The van der Waals surface area contributed by atoms with Gasteiger partial charge >= 0.3 is 0 Å². The maximum Gasteiger partial charge on any atom is 0.247 e. The first-order valence-electron chi connectivity index (χ1n) is 13.0. The van der Waals surface area contributed by atoms with Crippen LogP contribution in [0.3, 0.4) is 0 Å². The third-order valence-corrected chi connectivity index (χ3v) is 6.38. The normalized spacial score (nSPS) is 16.0. The van der Waals surface area contributed by atoms with Crippen molar-refractivity contribution in [1.29, 1.82) is 0 Å². The molecule has 3 rings (SSSR count). The molecule has 2 heterocycles. The molecule has 0 spiro atoms. The third-order valence-electron chi connectivity index (χ3n) is 6.38. The number of amides is 2. The van der Waals surface area contributed by atoms with Crippen LogP contribution in [0, 0.1) is 5.92 Å². The molecule has 204 valence electrons. The van der Waals surface area contributed by atoms with E-state index in [-0.39, 0.29) is 24.5 Å². The number of carbonyl (C=O) groups excluding carboxylic acids is 2. The van der Waals surface area contributed by atoms with Gasteiger partial charge in [0.05, 0.1) is 20.3 Å². The number of tetrazole rings is 1. The van der Waals surface area contributed by atoms with Crippen LogP contribution in [0.1, 0.15) is 52.9 Å². The van der Waals surface area contributed by atoms with Crippen molar-refractivity contribution >= 4 is 11.8 Å². The summed E-state index contributed by atoms with van der Waals surface area (Å²) >= 11 is 0. The van der Waals surface area contributed by atoms with Gasteiger partial charge in [-0.2, -0.15) is 4.80 Å². The lowest BCUT2D eigenvalue weighted by Crippen LogP contribution is -2.53. The lowest BCUT2D eigenvalue weighted by atomic mass is 10.1. The van der Waals surface area contributed by atoms with Crippen molar-refractivity contribution in [3.8, 4) is 22.9 Å². The topological polar surface area (TPSA) is 121 Å². The van der Waals surface area contributed by atoms with Gasteiger partial charge in [-0.25, -0.2) is 0 Å². The van der Waals surface area contributed by atoms with Crippen molar-refractivity contribution < 1.29 is 23.8 Å². The van der Waals surface area contributed by atoms with E-state index in [0.29, 0.717) is 54.9 Å². The van der Waals surface area contributed by atoms with Gasteiger partial charge in [-0.05, 0) is 55.0 Å². The zero-order chi connectivity index (χ0) is 26.8. The van der Waals surface area contributed by atoms with Crippen molar-refractivity contribution in [3.05, 3.63) is 18.2 Å². The number of aromatic nitrogens is 4. The molecular weight excluding hydrogens is 476 g/mol. The average molecular weight is 517 g/mol. The van der Waals surface area contributed by atoms with E-state index in [0.717, 1.165) is 25.7 Å². The van der Waals surface area contributed by atoms with Crippen LogP contribution < -0.4 is 14.8 Å². The standard InChI is InChI=1S/C26H40N6O5/c1-6-8-21(26(34)27-13-12-18(2)3)31(16-20-9-7-14-37-20)24(33)17-32-29-25(28-30-32)19-10-11-22(35-4)23(15-19)36-5/h10-11,15,18,20-21H,6-9,12-14,16-17H2,1-5H3,(H,27,34)/t20-,21+/m0/s1. The van der Waals surface area contributed by atoms with Crippen molar-refractivity contribution in [2.24, 2.45) is 5.92 Å². The molecule has 1 N–H and O–H groups in total. The summed E-state index contributed by atoms with van der Waals surface area (Å²) in [4.78, 5) is 29.6. The molecule has 1 aromatic heterocycles. The summed E-state index contributed by atoms with van der Waals surface area (Å²) in [7, 11) is 3.12. The lowest BCUT2D eigenvalue weighted by Gasteiger charge is -2.32. The van der Waals surface area contributed by atoms with E-state index in [9.17, 15) is 9.59 Å². The Morgan fingerprint density at radius 3 is 2.65 bits per heavy atom. The van der Waals surface area contributed by atoms with E-state index in [1.165, 1.54) is 4.80 Å². The van der Waals surface area contributed by atoms with Crippen LogP contribution in [0.25, 0.3) is 11.4 Å². The Morgan fingerprint density at radius 1 is 1.22 bits per heavy atom. The van der Waals surface area contributed by atoms with Crippen LogP contribution in [0.15, 0.2) is 18.2 Å². The van der Waals surface area contributed by atoms with E-state index in [4.69, 9.17) is 14.2 Å². The number of nitrogens with one attached hydrogen (secondary N) is 1. The molecule has 1 aromatic carbocycles. The number of rotatable bonds is 14. The maximum absolute atomic E-state index is 13.6. The summed E-state index contributed by atoms with van der Waals surface area (Å²) in [5.41, 5.74) is 0.681. The summed E-state index contributed by atoms with van der Waals surface area (Å²) < 4.78 is 16.5. The Bertz CT molecular complexity index is 1020. The molecule has 0 bridgehead atoms. The van der Waals surface area contributed by atoms with Gasteiger partial charge in [-0.1, -0.05) is 27.2 Å². The van der Waals surface area contributed by atoms with E-state index in [1.54, 1.807) is 37.3 Å². The predicted molar refractivity (Wildman–Crippen MR) is 138 cm³/mol. The molecule has 2 amide bonds. The highest BCUT2D eigenvalue weighted by Gasteiger charge is 2.32. The highest BCUT2D eigenvalue weighted by Crippen LogP contribution is 2.30. The van der Waals surface area contributed by atoms with Crippen LogP contribution in [0.5, 0.6) is 11.5 Å². The Morgan fingerprint density at radius 2 is 2.00 bits per heavy atom. The molecule has 1 fully saturated rings. The second-order valence-corrected chi connectivity index (χ2v) is 9.67. The third kappa shape index (κ3) is 7.88. The minimum absolute atomic E-state index is 0.0854. The first-order valence-corrected chi connectivity index (χ1v) is 13.0. The quantitative estimate of drug-likeness (QED) is 0.407. The molecule has 37 heavy (non-hydrogen) atoms. The van der Waals surface area contributed by atoms with Gasteiger partial charge in [-0.15, -0.1) is 10.2 Å². The van der Waals surface area contributed by atoms with E-state index in [2.05, 4.69) is 34.6 Å². The predicted octanol–water partition coefficient (Wildman–Crippen LogP) is 2.70. The fourth-order valence-electron chi connectivity index (χ4n) is 4.33.